The summed E-state index contributed by atoms with van der Waals surface area (Å²) in [6.45, 7) is 7.01. The summed E-state index contributed by atoms with van der Waals surface area (Å²) in [5.41, 5.74) is 0.812. The second-order valence-electron chi connectivity index (χ2n) is 7.74. The summed E-state index contributed by atoms with van der Waals surface area (Å²) in [6.07, 6.45) is 0.731. The zero-order valence-electron chi connectivity index (χ0n) is 18.4. The highest BCUT2D eigenvalue weighted by molar-refractivity contribution is 7.89. The molecule has 0 spiro atoms. The van der Waals surface area contributed by atoms with Crippen LogP contribution in [0.5, 0.6) is 0 Å². The Morgan fingerprint density at radius 2 is 1.78 bits per heavy atom. The molecule has 1 aliphatic heterocycles. The van der Waals surface area contributed by atoms with E-state index in [-0.39, 0.29) is 27.2 Å². The van der Waals surface area contributed by atoms with Gasteiger partial charge in [-0.25, -0.2) is 12.8 Å². The van der Waals surface area contributed by atoms with Crippen LogP contribution in [0.15, 0.2) is 47.4 Å². The molecule has 0 bridgehead atoms. The Balaban J connectivity index is 1.75. The summed E-state index contributed by atoms with van der Waals surface area (Å²) < 4.78 is 41.1. The van der Waals surface area contributed by atoms with Gasteiger partial charge in [-0.1, -0.05) is 43.6 Å². The minimum absolute atomic E-state index is 0.0601. The van der Waals surface area contributed by atoms with Gasteiger partial charge in [-0.2, -0.15) is 4.31 Å². The van der Waals surface area contributed by atoms with Crippen molar-refractivity contribution in [1.82, 2.24) is 14.1 Å². The normalized spacial score (nSPS) is 15.7. The third-order valence-corrected chi connectivity index (χ3v) is 8.11. The van der Waals surface area contributed by atoms with E-state index in [1.54, 1.807) is 30.9 Å². The summed E-state index contributed by atoms with van der Waals surface area (Å²) in [5, 5.41) is 0.223. The van der Waals surface area contributed by atoms with Crippen molar-refractivity contribution in [2.45, 2.75) is 31.7 Å². The van der Waals surface area contributed by atoms with Crippen LogP contribution in [-0.4, -0.2) is 67.7 Å². The first-order valence-corrected chi connectivity index (χ1v) is 12.6. The molecule has 32 heavy (non-hydrogen) atoms. The van der Waals surface area contributed by atoms with E-state index in [9.17, 15) is 17.6 Å². The largest absolute Gasteiger partial charge is 0.337 e. The number of carbonyl (C=O) groups excluding carboxylic acids is 1. The van der Waals surface area contributed by atoms with Crippen LogP contribution in [0.3, 0.4) is 0 Å². The summed E-state index contributed by atoms with van der Waals surface area (Å²) in [4.78, 5) is 17.1. The molecule has 0 aliphatic carbocycles. The first-order valence-electron chi connectivity index (χ1n) is 10.8. The molecule has 1 heterocycles. The van der Waals surface area contributed by atoms with Crippen LogP contribution >= 0.6 is 11.6 Å². The van der Waals surface area contributed by atoms with Crippen molar-refractivity contribution in [1.29, 1.82) is 0 Å². The molecule has 2 aromatic rings. The lowest BCUT2D eigenvalue weighted by Crippen LogP contribution is -2.35. The van der Waals surface area contributed by atoms with Crippen molar-refractivity contribution in [2.24, 2.45) is 0 Å². The molecule has 0 radical (unpaired) electrons. The molecule has 6 nitrogen and oxygen atoms in total. The second-order valence-corrected chi connectivity index (χ2v) is 10.1. The average molecular weight is 482 g/mol. The van der Waals surface area contributed by atoms with Crippen LogP contribution in [0, 0.1) is 5.82 Å². The lowest BCUT2D eigenvalue weighted by Gasteiger charge is -2.23. The third-order valence-electron chi connectivity index (χ3n) is 5.74. The van der Waals surface area contributed by atoms with Gasteiger partial charge in [-0.15, -0.1) is 0 Å². The first-order chi connectivity index (χ1) is 15.3. The maximum absolute atomic E-state index is 14.0. The fourth-order valence-electron chi connectivity index (χ4n) is 3.91. The Morgan fingerprint density at radius 3 is 2.47 bits per heavy atom. The summed E-state index contributed by atoms with van der Waals surface area (Å²) in [5.74, 6) is -0.526. The number of halogens is 2. The molecule has 0 N–H and O–H groups in total. The van der Waals surface area contributed by atoms with Crippen LogP contribution in [0.1, 0.15) is 36.2 Å². The van der Waals surface area contributed by atoms with E-state index < -0.39 is 10.0 Å². The second kappa shape index (κ2) is 10.7. The molecule has 0 unspecified atom stereocenters. The quantitative estimate of drug-likeness (QED) is 0.602. The van der Waals surface area contributed by atoms with Crippen LogP contribution in [-0.2, 0) is 16.6 Å². The zero-order chi connectivity index (χ0) is 23.3. The van der Waals surface area contributed by atoms with E-state index in [4.69, 9.17) is 11.6 Å². The standard InChI is InChI=1S/C23H29ClFN3O3S/c1-3-28(4-2)32(30,31)19-10-11-21(24)20(16-19)23(29)27-13-7-12-26(14-15-27)17-18-8-5-6-9-22(18)25/h5-6,8-11,16H,3-4,7,12-15,17H2,1-2H3. The fraction of sp³-hybridized carbons (Fsp3) is 0.435. The minimum atomic E-state index is -3.70. The molecular formula is C23H29ClFN3O3S. The number of nitrogens with zero attached hydrogens (tertiary/aromatic N) is 3. The van der Waals surface area contributed by atoms with Gasteiger partial charge in [0.2, 0.25) is 10.0 Å². The predicted molar refractivity (Wildman–Crippen MR) is 124 cm³/mol. The van der Waals surface area contributed by atoms with Gasteiger partial charge in [0.1, 0.15) is 5.82 Å². The van der Waals surface area contributed by atoms with Crippen LogP contribution in [0.25, 0.3) is 0 Å². The number of benzene rings is 2. The molecule has 3 rings (SSSR count). The lowest BCUT2D eigenvalue weighted by atomic mass is 10.2. The molecule has 2 aromatic carbocycles. The Labute approximate surface area is 194 Å². The Bertz CT molecular complexity index is 1060. The van der Waals surface area contributed by atoms with E-state index in [1.807, 2.05) is 6.07 Å². The van der Waals surface area contributed by atoms with Gasteiger partial charge >= 0.3 is 0 Å². The topological polar surface area (TPSA) is 60.9 Å². The van der Waals surface area contributed by atoms with Gasteiger partial charge in [0.05, 0.1) is 15.5 Å². The zero-order valence-corrected chi connectivity index (χ0v) is 20.0. The number of rotatable bonds is 7. The smallest absolute Gasteiger partial charge is 0.255 e. The monoisotopic (exact) mass is 481 g/mol. The maximum Gasteiger partial charge on any atom is 0.255 e. The van der Waals surface area contributed by atoms with Crippen LogP contribution < -0.4 is 0 Å². The van der Waals surface area contributed by atoms with E-state index in [2.05, 4.69) is 4.90 Å². The highest BCUT2D eigenvalue weighted by atomic mass is 35.5. The van der Waals surface area contributed by atoms with Gasteiger partial charge in [0.15, 0.2) is 0 Å². The molecule has 1 fully saturated rings. The third kappa shape index (κ3) is 5.49. The van der Waals surface area contributed by atoms with E-state index in [1.165, 1.54) is 28.6 Å². The Morgan fingerprint density at radius 1 is 1.06 bits per heavy atom. The average Bonchev–Trinajstić information content (AvgIpc) is 3.01. The molecule has 1 amide bonds. The fourth-order valence-corrected chi connectivity index (χ4v) is 5.59. The van der Waals surface area contributed by atoms with Crippen LogP contribution in [0.4, 0.5) is 4.39 Å². The van der Waals surface area contributed by atoms with E-state index in [0.29, 0.717) is 44.8 Å². The molecule has 1 aliphatic rings. The van der Waals surface area contributed by atoms with Gasteiger partial charge in [0, 0.05) is 51.4 Å². The van der Waals surface area contributed by atoms with Crippen molar-refractivity contribution >= 4 is 27.5 Å². The molecule has 0 saturated carbocycles. The first kappa shape index (κ1) is 24.6. The van der Waals surface area contributed by atoms with E-state index >= 15 is 0 Å². The summed E-state index contributed by atoms with van der Waals surface area (Å²) >= 11 is 6.29. The van der Waals surface area contributed by atoms with E-state index in [0.717, 1.165) is 13.0 Å². The SMILES string of the molecule is CCN(CC)S(=O)(=O)c1ccc(Cl)c(C(=O)N2CCCN(Cc3ccccc3F)CC2)c1. The van der Waals surface area contributed by atoms with Crippen molar-refractivity contribution in [2.75, 3.05) is 39.3 Å². The Hall–Kier alpha value is -2.00. The molecule has 1 saturated heterocycles. The van der Waals surface area contributed by atoms with Crippen molar-refractivity contribution in [3.05, 3.63) is 64.4 Å². The highest BCUT2D eigenvalue weighted by Gasteiger charge is 2.26. The molecule has 9 heteroatoms. The number of amides is 1. The number of sulfonamides is 1. The van der Waals surface area contributed by atoms with Crippen molar-refractivity contribution in [3.8, 4) is 0 Å². The molecule has 0 atom stereocenters. The predicted octanol–water partition coefficient (Wildman–Crippen LogP) is 3.86. The van der Waals surface area contributed by atoms with Gasteiger partial charge in [-0.05, 0) is 30.7 Å². The molecule has 174 valence electrons. The maximum atomic E-state index is 14.0. The highest BCUT2D eigenvalue weighted by Crippen LogP contribution is 2.25. The Kier molecular flexibility index (Phi) is 8.27. The molecule has 0 aromatic heterocycles. The summed E-state index contributed by atoms with van der Waals surface area (Å²) in [6, 6.07) is 11.0. The number of carbonyl (C=O) groups is 1. The number of hydrogen-bond donors (Lipinski definition) is 0. The minimum Gasteiger partial charge on any atom is -0.337 e. The van der Waals surface area contributed by atoms with Crippen molar-refractivity contribution < 1.29 is 17.6 Å². The summed E-state index contributed by atoms with van der Waals surface area (Å²) in [7, 11) is -3.70. The lowest BCUT2D eigenvalue weighted by molar-refractivity contribution is 0.0761. The number of hydrogen-bond acceptors (Lipinski definition) is 4. The molecular weight excluding hydrogens is 453 g/mol. The van der Waals surface area contributed by atoms with Gasteiger partial charge in [0.25, 0.3) is 5.91 Å². The van der Waals surface area contributed by atoms with Gasteiger partial charge < -0.3 is 4.90 Å². The van der Waals surface area contributed by atoms with Crippen molar-refractivity contribution in [3.63, 3.8) is 0 Å². The van der Waals surface area contributed by atoms with Gasteiger partial charge in [-0.3, -0.25) is 9.69 Å². The van der Waals surface area contributed by atoms with Crippen LogP contribution in [0.2, 0.25) is 5.02 Å².